The number of carbonyl (C=O) groups excluding carboxylic acids is 1. The zero-order valence-corrected chi connectivity index (χ0v) is 16.7. The molecule has 2 nitrogen and oxygen atoms in total. The van der Waals surface area contributed by atoms with Crippen LogP contribution in [0, 0.1) is 0 Å². The first kappa shape index (κ1) is 19.6. The summed E-state index contributed by atoms with van der Waals surface area (Å²) in [6, 6.07) is 10.3. The van der Waals surface area contributed by atoms with E-state index in [1.54, 1.807) is 6.07 Å². The molecule has 0 aliphatic heterocycles. The number of rotatable bonds is 0. The fourth-order valence-electron chi connectivity index (χ4n) is 3.34. The van der Waals surface area contributed by atoms with Gasteiger partial charge in [-0.1, -0.05) is 44.0 Å². The molecule has 0 saturated carbocycles. The minimum Gasteiger partial charge on any atom is -0.376 e. The van der Waals surface area contributed by atoms with Gasteiger partial charge in [0.25, 0.3) is 0 Å². The van der Waals surface area contributed by atoms with Crippen LogP contribution in [0.25, 0.3) is 0 Å². The van der Waals surface area contributed by atoms with Crippen LogP contribution in [-0.4, -0.2) is 17.1 Å². The van der Waals surface area contributed by atoms with E-state index in [2.05, 4.69) is 31.9 Å². The third kappa shape index (κ3) is 3.62. The minimum absolute atomic E-state index is 0.0156. The largest absolute Gasteiger partial charge is 0.421 e. The Kier molecular flexibility index (Phi) is 5.34. The number of Topliss-reactive ketones (excluding diaryl/α,β-unsaturated/α-hetero) is 1. The molecule has 1 unspecified atom stereocenters. The highest BCUT2D eigenvalue weighted by atomic mass is 79.9. The van der Waals surface area contributed by atoms with Crippen molar-refractivity contribution in [2.24, 2.45) is 0 Å². The third-order valence-electron chi connectivity index (χ3n) is 4.73. The van der Waals surface area contributed by atoms with Gasteiger partial charge in [-0.3, -0.25) is 4.79 Å². The predicted molar refractivity (Wildman–Crippen MR) is 99.2 cm³/mol. The summed E-state index contributed by atoms with van der Waals surface area (Å²) in [7, 11) is 0. The second-order valence-electron chi connectivity index (χ2n) is 6.38. The minimum atomic E-state index is -4.61. The Hall–Kier alpha value is -1.18. The average Bonchev–Trinajstić information content (AvgIpc) is 3.09. The van der Waals surface area contributed by atoms with Crippen LogP contribution in [0.3, 0.4) is 0 Å². The molecule has 2 aliphatic rings. The van der Waals surface area contributed by atoms with E-state index in [0.29, 0.717) is 12.0 Å². The number of fused-ring (bicyclic) bond motifs is 2. The zero-order valence-electron chi connectivity index (χ0n) is 13.5. The molecule has 0 fully saturated rings. The van der Waals surface area contributed by atoms with Crippen molar-refractivity contribution in [3.8, 4) is 0 Å². The number of hydrogen-bond acceptors (Lipinski definition) is 2. The first-order chi connectivity index (χ1) is 12.1. The Balaban J connectivity index is 0.000000158. The van der Waals surface area contributed by atoms with Crippen LogP contribution < -0.4 is 0 Å². The second-order valence-corrected chi connectivity index (χ2v) is 8.22. The van der Waals surface area contributed by atoms with Gasteiger partial charge >= 0.3 is 6.18 Å². The molecular weight excluding hydrogens is 477 g/mol. The highest BCUT2D eigenvalue weighted by Crippen LogP contribution is 2.48. The van der Waals surface area contributed by atoms with Crippen molar-refractivity contribution in [2.45, 2.75) is 37.5 Å². The van der Waals surface area contributed by atoms with Crippen molar-refractivity contribution in [2.75, 3.05) is 0 Å². The molecule has 26 heavy (non-hydrogen) atoms. The van der Waals surface area contributed by atoms with Crippen molar-refractivity contribution in [1.29, 1.82) is 0 Å². The van der Waals surface area contributed by atoms with Crippen LogP contribution in [0.1, 0.15) is 39.9 Å². The molecule has 0 heterocycles. The van der Waals surface area contributed by atoms with Gasteiger partial charge in [0.1, 0.15) is 0 Å². The van der Waals surface area contributed by atoms with Gasteiger partial charge in [0.05, 0.1) is 0 Å². The Bertz CT molecular complexity index is 864. The summed E-state index contributed by atoms with van der Waals surface area (Å²) < 4.78 is 39.8. The summed E-state index contributed by atoms with van der Waals surface area (Å²) in [6.45, 7) is 0. The molecule has 0 bridgehead atoms. The molecule has 7 heteroatoms. The molecule has 2 aromatic carbocycles. The zero-order chi connectivity index (χ0) is 19.1. The third-order valence-corrected chi connectivity index (χ3v) is 5.71. The second kappa shape index (κ2) is 7.09. The van der Waals surface area contributed by atoms with Gasteiger partial charge in [0, 0.05) is 20.9 Å². The van der Waals surface area contributed by atoms with Crippen LogP contribution >= 0.6 is 31.9 Å². The van der Waals surface area contributed by atoms with Crippen molar-refractivity contribution in [1.82, 2.24) is 0 Å². The Morgan fingerprint density at radius 1 is 0.923 bits per heavy atom. The van der Waals surface area contributed by atoms with E-state index in [-0.39, 0.29) is 24.2 Å². The number of benzene rings is 2. The Labute approximate surface area is 165 Å². The summed E-state index contributed by atoms with van der Waals surface area (Å²) in [6.07, 6.45) is -3.04. The molecule has 0 amide bonds. The van der Waals surface area contributed by atoms with Gasteiger partial charge in [-0.05, 0) is 60.2 Å². The topological polar surface area (TPSA) is 37.3 Å². The van der Waals surface area contributed by atoms with Gasteiger partial charge < -0.3 is 5.11 Å². The molecule has 0 spiro atoms. The van der Waals surface area contributed by atoms with Crippen LogP contribution in [0.5, 0.6) is 0 Å². The van der Waals surface area contributed by atoms with E-state index in [1.807, 2.05) is 18.2 Å². The molecule has 1 N–H and O–H groups in total. The fraction of sp³-hybridized carbons (Fsp3) is 0.316. The van der Waals surface area contributed by atoms with E-state index < -0.39 is 11.8 Å². The summed E-state index contributed by atoms with van der Waals surface area (Å²) in [5, 5.41) is 9.63. The molecular formula is C19H15Br2F3O2. The lowest BCUT2D eigenvalue weighted by atomic mass is 9.95. The van der Waals surface area contributed by atoms with E-state index in [4.69, 9.17) is 0 Å². The molecule has 0 aromatic heterocycles. The van der Waals surface area contributed by atoms with Crippen LogP contribution in [-0.2, 0) is 18.4 Å². The summed E-state index contributed by atoms with van der Waals surface area (Å²) in [5.74, 6) is 0.285. The summed E-state index contributed by atoms with van der Waals surface area (Å²) >= 11 is 6.56. The predicted octanol–water partition coefficient (Wildman–Crippen LogP) is 5.72. The monoisotopic (exact) mass is 490 g/mol. The van der Waals surface area contributed by atoms with Crippen molar-refractivity contribution >= 4 is 37.6 Å². The van der Waals surface area contributed by atoms with Gasteiger partial charge in [-0.2, -0.15) is 13.2 Å². The van der Waals surface area contributed by atoms with Crippen molar-refractivity contribution in [3.05, 3.63) is 67.6 Å². The highest BCUT2D eigenvalue weighted by molar-refractivity contribution is 9.10. The van der Waals surface area contributed by atoms with Crippen LogP contribution in [0.4, 0.5) is 13.2 Å². The van der Waals surface area contributed by atoms with E-state index in [1.165, 1.54) is 17.7 Å². The molecule has 2 aromatic rings. The SMILES string of the molecule is O=C1CCc2cc(Br)ccc21.OC1(C(F)(F)F)CCc2cc(Br)ccc21. The number of ketones is 1. The smallest absolute Gasteiger partial charge is 0.376 e. The lowest BCUT2D eigenvalue weighted by Crippen LogP contribution is -2.40. The van der Waals surface area contributed by atoms with Crippen LogP contribution in [0.2, 0.25) is 0 Å². The summed E-state index contributed by atoms with van der Waals surface area (Å²) in [5.41, 5.74) is -0.0248. The number of alkyl halides is 3. The first-order valence-corrected chi connectivity index (χ1v) is 9.60. The maximum absolute atomic E-state index is 12.7. The lowest BCUT2D eigenvalue weighted by molar-refractivity contribution is -0.265. The number of halogens is 5. The van der Waals surface area contributed by atoms with Gasteiger partial charge in [-0.25, -0.2) is 0 Å². The Morgan fingerprint density at radius 3 is 2.19 bits per heavy atom. The highest BCUT2D eigenvalue weighted by Gasteiger charge is 2.57. The van der Waals surface area contributed by atoms with E-state index in [0.717, 1.165) is 20.9 Å². The van der Waals surface area contributed by atoms with Crippen LogP contribution in [0.15, 0.2) is 45.3 Å². The number of hydrogen-bond donors (Lipinski definition) is 1. The van der Waals surface area contributed by atoms with E-state index >= 15 is 0 Å². The maximum atomic E-state index is 12.7. The average molecular weight is 492 g/mol. The maximum Gasteiger partial charge on any atom is 0.421 e. The normalized spacial score (nSPS) is 21.1. The molecule has 0 saturated heterocycles. The lowest BCUT2D eigenvalue weighted by Gasteiger charge is -2.26. The molecule has 4 rings (SSSR count). The Morgan fingerprint density at radius 2 is 1.54 bits per heavy atom. The molecule has 138 valence electrons. The van der Waals surface area contributed by atoms with Gasteiger partial charge in [-0.15, -0.1) is 0 Å². The number of aliphatic hydroxyl groups is 1. The van der Waals surface area contributed by atoms with Crippen molar-refractivity contribution in [3.63, 3.8) is 0 Å². The number of carbonyl (C=O) groups is 1. The van der Waals surface area contributed by atoms with E-state index in [9.17, 15) is 23.1 Å². The molecule has 2 aliphatic carbocycles. The van der Waals surface area contributed by atoms with Gasteiger partial charge in [0.15, 0.2) is 11.4 Å². The standard InChI is InChI=1S/C10H8BrF3O.C9H7BrO/c11-7-1-2-8-6(5-7)3-4-9(8,15)10(12,13)14;10-7-2-3-8-6(5-7)1-4-9(8)11/h1-2,5,15H,3-4H2;2-3,5H,1,4H2. The fourth-order valence-corrected chi connectivity index (χ4v) is 4.16. The van der Waals surface area contributed by atoms with Gasteiger partial charge in [0.2, 0.25) is 0 Å². The number of aryl methyl sites for hydroxylation is 2. The first-order valence-electron chi connectivity index (χ1n) is 8.01. The van der Waals surface area contributed by atoms with Crippen molar-refractivity contribution < 1.29 is 23.1 Å². The molecule has 0 radical (unpaired) electrons. The summed E-state index contributed by atoms with van der Waals surface area (Å²) in [4.78, 5) is 11.2. The molecule has 1 atom stereocenters. The quantitative estimate of drug-likeness (QED) is 0.511.